The van der Waals surface area contributed by atoms with Crippen molar-refractivity contribution in [2.24, 2.45) is 0 Å². The van der Waals surface area contributed by atoms with E-state index in [2.05, 4.69) is 5.32 Å². The molecule has 1 atom stereocenters. The predicted octanol–water partition coefficient (Wildman–Crippen LogP) is 1.85. The van der Waals surface area contributed by atoms with Gasteiger partial charge in [0, 0.05) is 23.2 Å². The Hall–Kier alpha value is -0.670. The fourth-order valence-electron chi connectivity index (χ4n) is 1.45. The minimum atomic E-state index is -0.843. The van der Waals surface area contributed by atoms with Gasteiger partial charge in [0.1, 0.15) is 0 Å². The molecule has 1 unspecified atom stereocenters. The van der Waals surface area contributed by atoms with Crippen LogP contribution in [-0.4, -0.2) is 22.5 Å². The van der Waals surface area contributed by atoms with Crippen LogP contribution in [0.5, 0.6) is 0 Å². The Kier molecular flexibility index (Phi) is 3.54. The van der Waals surface area contributed by atoms with Crippen molar-refractivity contribution in [2.75, 3.05) is 12.3 Å². The van der Waals surface area contributed by atoms with Crippen LogP contribution in [-0.2, 0) is 10.8 Å². The molecule has 0 aliphatic heterocycles. The van der Waals surface area contributed by atoms with E-state index in [1.54, 1.807) is 0 Å². The molecule has 15 heavy (non-hydrogen) atoms. The topological polar surface area (TPSA) is 29.1 Å². The summed E-state index contributed by atoms with van der Waals surface area (Å²) in [7, 11) is -0.843. The second-order valence-electron chi connectivity index (χ2n) is 4.09. The highest BCUT2D eigenvalue weighted by atomic mass is 32.2. The molecular weight excluding hydrogens is 206 g/mol. The summed E-state index contributed by atoms with van der Waals surface area (Å²) in [6.07, 6.45) is 2.58. The fraction of sp³-hybridized carbons (Fsp3) is 0.500. The number of aryl methyl sites for hydroxylation is 1. The highest BCUT2D eigenvalue weighted by Gasteiger charge is 2.19. The molecule has 1 aromatic carbocycles. The number of hydrogen-bond acceptors (Lipinski definition) is 2. The maximum Gasteiger partial charge on any atom is 0.0542 e. The molecule has 0 aromatic heterocycles. The third kappa shape index (κ3) is 3.43. The maximum atomic E-state index is 11.8. The van der Waals surface area contributed by atoms with E-state index in [-0.39, 0.29) is 0 Å². The quantitative estimate of drug-likeness (QED) is 0.825. The molecule has 82 valence electrons. The van der Waals surface area contributed by atoms with E-state index in [9.17, 15) is 4.21 Å². The fourth-order valence-corrected chi connectivity index (χ4v) is 2.43. The van der Waals surface area contributed by atoms with Crippen molar-refractivity contribution in [3.8, 4) is 0 Å². The predicted molar refractivity (Wildman–Crippen MR) is 63.5 cm³/mol. The summed E-state index contributed by atoms with van der Waals surface area (Å²) in [5.41, 5.74) is 1.21. The van der Waals surface area contributed by atoms with Gasteiger partial charge >= 0.3 is 0 Å². The van der Waals surface area contributed by atoms with Crippen molar-refractivity contribution >= 4 is 10.8 Å². The van der Waals surface area contributed by atoms with Gasteiger partial charge in [0.25, 0.3) is 0 Å². The minimum Gasteiger partial charge on any atom is -0.313 e. The van der Waals surface area contributed by atoms with Crippen LogP contribution in [0.3, 0.4) is 0 Å². The van der Waals surface area contributed by atoms with Crippen molar-refractivity contribution in [1.82, 2.24) is 5.32 Å². The second kappa shape index (κ2) is 4.90. The summed E-state index contributed by atoms with van der Waals surface area (Å²) in [5, 5.41) is 3.38. The van der Waals surface area contributed by atoms with Crippen molar-refractivity contribution < 1.29 is 4.21 Å². The molecule has 2 nitrogen and oxygen atoms in total. The molecule has 1 saturated carbocycles. The van der Waals surface area contributed by atoms with Crippen LogP contribution in [0.4, 0.5) is 0 Å². The number of benzene rings is 1. The van der Waals surface area contributed by atoms with Crippen LogP contribution in [0.15, 0.2) is 29.2 Å². The largest absolute Gasteiger partial charge is 0.313 e. The van der Waals surface area contributed by atoms with Crippen LogP contribution < -0.4 is 5.32 Å². The van der Waals surface area contributed by atoms with Crippen LogP contribution in [0.2, 0.25) is 0 Å². The van der Waals surface area contributed by atoms with Crippen molar-refractivity contribution in [3.63, 3.8) is 0 Å². The molecule has 1 aliphatic carbocycles. The van der Waals surface area contributed by atoms with E-state index < -0.39 is 10.8 Å². The van der Waals surface area contributed by atoms with Gasteiger partial charge in [-0.25, -0.2) is 0 Å². The van der Waals surface area contributed by atoms with Crippen molar-refractivity contribution in [2.45, 2.75) is 30.7 Å². The number of rotatable bonds is 5. The Balaban J connectivity index is 1.81. The average Bonchev–Trinajstić information content (AvgIpc) is 3.02. The molecule has 1 fully saturated rings. The molecule has 3 heteroatoms. The first kappa shape index (κ1) is 10.8. The number of nitrogens with one attached hydrogen (secondary N) is 1. The molecule has 0 heterocycles. The summed E-state index contributed by atoms with van der Waals surface area (Å²) in [4.78, 5) is 0.943. The molecule has 0 saturated heterocycles. The summed E-state index contributed by atoms with van der Waals surface area (Å²) < 4.78 is 11.8. The van der Waals surface area contributed by atoms with Crippen LogP contribution >= 0.6 is 0 Å². The van der Waals surface area contributed by atoms with Gasteiger partial charge in [0.15, 0.2) is 0 Å². The molecule has 1 aliphatic rings. The highest BCUT2D eigenvalue weighted by Crippen LogP contribution is 2.18. The zero-order valence-electron chi connectivity index (χ0n) is 9.03. The van der Waals surface area contributed by atoms with Gasteiger partial charge in [-0.2, -0.15) is 0 Å². The summed E-state index contributed by atoms with van der Waals surface area (Å²) in [6, 6.07) is 8.66. The van der Waals surface area contributed by atoms with E-state index >= 15 is 0 Å². The molecule has 1 aromatic rings. The lowest BCUT2D eigenvalue weighted by Crippen LogP contribution is -2.22. The Morgan fingerprint density at radius 3 is 2.60 bits per heavy atom. The molecule has 0 amide bonds. The highest BCUT2D eigenvalue weighted by molar-refractivity contribution is 7.85. The average molecular weight is 223 g/mol. The summed E-state index contributed by atoms with van der Waals surface area (Å²) in [6.45, 7) is 2.91. The van der Waals surface area contributed by atoms with E-state index in [1.807, 2.05) is 31.2 Å². The molecule has 2 rings (SSSR count). The maximum absolute atomic E-state index is 11.8. The third-order valence-corrected chi connectivity index (χ3v) is 3.95. The van der Waals surface area contributed by atoms with Crippen LogP contribution in [0, 0.1) is 6.92 Å². The van der Waals surface area contributed by atoms with Gasteiger partial charge in [0.05, 0.1) is 10.8 Å². The van der Waals surface area contributed by atoms with E-state index in [0.29, 0.717) is 6.04 Å². The van der Waals surface area contributed by atoms with Crippen molar-refractivity contribution in [1.29, 1.82) is 0 Å². The second-order valence-corrected chi connectivity index (χ2v) is 5.66. The lowest BCUT2D eigenvalue weighted by molar-refractivity contribution is 0.672. The first-order valence-corrected chi connectivity index (χ1v) is 6.76. The van der Waals surface area contributed by atoms with Gasteiger partial charge in [-0.05, 0) is 31.9 Å². The molecule has 0 radical (unpaired) electrons. The first-order chi connectivity index (χ1) is 7.25. The zero-order valence-corrected chi connectivity index (χ0v) is 9.85. The molecular formula is C12H17NOS. The van der Waals surface area contributed by atoms with Gasteiger partial charge in [-0.3, -0.25) is 4.21 Å². The third-order valence-electron chi connectivity index (χ3n) is 2.58. The van der Waals surface area contributed by atoms with Gasteiger partial charge in [-0.15, -0.1) is 0 Å². The first-order valence-electron chi connectivity index (χ1n) is 5.44. The molecule has 1 N–H and O–H groups in total. The Morgan fingerprint density at radius 1 is 1.33 bits per heavy atom. The summed E-state index contributed by atoms with van der Waals surface area (Å²) in [5.74, 6) is 0.722. The molecule has 0 bridgehead atoms. The number of hydrogen-bond donors (Lipinski definition) is 1. The van der Waals surface area contributed by atoms with Gasteiger partial charge in [0.2, 0.25) is 0 Å². The van der Waals surface area contributed by atoms with Gasteiger partial charge in [-0.1, -0.05) is 17.7 Å². The monoisotopic (exact) mass is 223 g/mol. The van der Waals surface area contributed by atoms with Gasteiger partial charge < -0.3 is 5.32 Å². The SMILES string of the molecule is Cc1ccc(S(=O)CCNC2CC2)cc1. The van der Waals surface area contributed by atoms with E-state index in [0.717, 1.165) is 17.2 Å². The summed E-state index contributed by atoms with van der Waals surface area (Å²) >= 11 is 0. The Bertz CT molecular complexity index is 343. The smallest absolute Gasteiger partial charge is 0.0542 e. The lowest BCUT2D eigenvalue weighted by Gasteiger charge is -2.03. The minimum absolute atomic E-state index is 0.708. The standard InChI is InChI=1S/C12H17NOS/c1-10-2-6-12(7-3-10)15(14)9-8-13-11-4-5-11/h2-3,6-7,11,13H,4-5,8-9H2,1H3. The van der Waals surface area contributed by atoms with E-state index in [1.165, 1.54) is 18.4 Å². The lowest BCUT2D eigenvalue weighted by atomic mass is 10.2. The Labute approximate surface area is 93.5 Å². The van der Waals surface area contributed by atoms with E-state index in [4.69, 9.17) is 0 Å². The molecule has 0 spiro atoms. The van der Waals surface area contributed by atoms with Crippen LogP contribution in [0.1, 0.15) is 18.4 Å². The zero-order chi connectivity index (χ0) is 10.7. The normalized spacial score (nSPS) is 17.7. The Morgan fingerprint density at radius 2 is 2.00 bits per heavy atom. The van der Waals surface area contributed by atoms with Crippen LogP contribution in [0.25, 0.3) is 0 Å². The van der Waals surface area contributed by atoms with Crippen molar-refractivity contribution in [3.05, 3.63) is 29.8 Å².